The van der Waals surface area contributed by atoms with Gasteiger partial charge in [0.15, 0.2) is 4.34 Å². The highest BCUT2D eigenvalue weighted by Crippen LogP contribution is 2.32. The normalized spacial score (nSPS) is 10.7. The molecule has 0 bridgehead atoms. The third kappa shape index (κ3) is 5.76. The lowest BCUT2D eigenvalue weighted by Gasteiger charge is -2.07. The molecule has 1 aromatic heterocycles. The van der Waals surface area contributed by atoms with Gasteiger partial charge in [0.25, 0.3) is 11.6 Å². The Morgan fingerprint density at radius 2 is 1.91 bits per heavy atom. The second-order valence-electron chi connectivity index (χ2n) is 7.41. The lowest BCUT2D eigenvalue weighted by Crippen LogP contribution is -2.15. The van der Waals surface area contributed by atoms with E-state index in [0.29, 0.717) is 21.3 Å². The molecule has 11 heteroatoms. The number of nitro benzene ring substituents is 1. The minimum atomic E-state index is -0.575. The van der Waals surface area contributed by atoms with Crippen LogP contribution in [0.15, 0.2) is 65.0 Å². The summed E-state index contributed by atoms with van der Waals surface area (Å²) in [5, 5.41) is 16.8. The van der Waals surface area contributed by atoms with Crippen molar-refractivity contribution in [2.75, 3.05) is 23.5 Å². The van der Waals surface area contributed by atoms with Crippen LogP contribution in [-0.4, -0.2) is 34.6 Å². The number of amides is 2. The summed E-state index contributed by atoms with van der Waals surface area (Å²) in [6.07, 6.45) is 0. The fraction of sp³-hybridized carbons (Fsp3) is 0.125. The number of thiazole rings is 1. The van der Waals surface area contributed by atoms with Crippen LogP contribution in [-0.2, 0) is 4.79 Å². The molecule has 0 unspecified atom stereocenters. The quantitative estimate of drug-likeness (QED) is 0.183. The van der Waals surface area contributed by atoms with Crippen LogP contribution >= 0.6 is 23.1 Å². The standard InChI is InChI=1S/C24H20N4O5S2/c1-14-5-3-4-6-17(14)23(30)25-15-7-9-19-21(11-15)35-24(27-19)34-13-22(29)26-18-10-8-16(33-2)12-20(18)28(31)32/h3-12H,13H2,1-2H3,(H,25,30)(H,26,29). The smallest absolute Gasteiger partial charge is 0.296 e. The van der Waals surface area contributed by atoms with Crippen molar-refractivity contribution in [2.45, 2.75) is 11.3 Å². The summed E-state index contributed by atoms with van der Waals surface area (Å²) in [5.41, 5.74) is 2.74. The Hall–Kier alpha value is -3.96. The minimum absolute atomic E-state index is 0.0277. The number of hydrogen-bond acceptors (Lipinski definition) is 8. The van der Waals surface area contributed by atoms with Crippen LogP contribution in [0.25, 0.3) is 10.2 Å². The van der Waals surface area contributed by atoms with Gasteiger partial charge in [0.2, 0.25) is 5.91 Å². The molecule has 0 aliphatic carbocycles. The molecule has 2 N–H and O–H groups in total. The van der Waals surface area contributed by atoms with Crippen molar-refractivity contribution in [3.63, 3.8) is 0 Å². The van der Waals surface area contributed by atoms with E-state index < -0.39 is 10.8 Å². The second-order valence-corrected chi connectivity index (χ2v) is 9.66. The van der Waals surface area contributed by atoms with Crippen molar-refractivity contribution < 1.29 is 19.2 Å². The first kappa shape index (κ1) is 24.2. The summed E-state index contributed by atoms with van der Waals surface area (Å²) < 4.78 is 6.54. The van der Waals surface area contributed by atoms with Crippen LogP contribution in [0, 0.1) is 17.0 Å². The Morgan fingerprint density at radius 1 is 1.11 bits per heavy atom. The zero-order valence-electron chi connectivity index (χ0n) is 18.7. The van der Waals surface area contributed by atoms with Gasteiger partial charge in [-0.05, 0) is 48.9 Å². The molecule has 1 heterocycles. The number of nitro groups is 1. The number of rotatable bonds is 8. The van der Waals surface area contributed by atoms with E-state index in [2.05, 4.69) is 15.6 Å². The third-order valence-electron chi connectivity index (χ3n) is 5.02. The van der Waals surface area contributed by atoms with E-state index in [4.69, 9.17) is 4.74 Å². The zero-order chi connectivity index (χ0) is 24.9. The van der Waals surface area contributed by atoms with E-state index in [0.717, 1.165) is 15.8 Å². The number of anilines is 2. The summed E-state index contributed by atoms with van der Waals surface area (Å²) in [4.78, 5) is 40.2. The first-order valence-electron chi connectivity index (χ1n) is 10.4. The van der Waals surface area contributed by atoms with Crippen LogP contribution in [0.5, 0.6) is 5.75 Å². The molecule has 4 aromatic rings. The fourth-order valence-electron chi connectivity index (χ4n) is 3.28. The molecule has 0 saturated carbocycles. The zero-order valence-corrected chi connectivity index (χ0v) is 20.4. The molecular weight excluding hydrogens is 488 g/mol. The average Bonchev–Trinajstić information content (AvgIpc) is 3.25. The Morgan fingerprint density at radius 3 is 2.66 bits per heavy atom. The summed E-state index contributed by atoms with van der Waals surface area (Å²) in [6, 6.07) is 17.0. The van der Waals surface area contributed by atoms with E-state index in [1.807, 2.05) is 37.3 Å². The Bertz CT molecular complexity index is 1440. The van der Waals surface area contributed by atoms with Gasteiger partial charge < -0.3 is 15.4 Å². The molecule has 4 rings (SSSR count). The highest BCUT2D eigenvalue weighted by atomic mass is 32.2. The maximum absolute atomic E-state index is 12.6. The number of nitrogens with one attached hydrogen (secondary N) is 2. The number of carbonyl (C=O) groups is 2. The van der Waals surface area contributed by atoms with Gasteiger partial charge in [0.1, 0.15) is 11.4 Å². The van der Waals surface area contributed by atoms with Gasteiger partial charge in [0, 0.05) is 11.3 Å². The molecule has 0 radical (unpaired) electrons. The van der Waals surface area contributed by atoms with Crippen molar-refractivity contribution >= 4 is 62.2 Å². The van der Waals surface area contributed by atoms with Crippen LogP contribution in [0.2, 0.25) is 0 Å². The SMILES string of the molecule is COc1ccc(NC(=O)CSc2nc3ccc(NC(=O)c4ccccc4C)cc3s2)c([N+](=O)[O-])c1. The van der Waals surface area contributed by atoms with Crippen LogP contribution in [0.4, 0.5) is 17.1 Å². The molecule has 178 valence electrons. The minimum Gasteiger partial charge on any atom is -0.496 e. The molecule has 3 aromatic carbocycles. The molecule has 0 aliphatic heterocycles. The number of aromatic nitrogens is 1. The van der Waals surface area contributed by atoms with Crippen molar-refractivity contribution in [2.24, 2.45) is 0 Å². The number of aryl methyl sites for hydroxylation is 1. The van der Waals surface area contributed by atoms with Crippen molar-refractivity contribution in [3.05, 3.63) is 81.9 Å². The molecule has 2 amide bonds. The predicted octanol–water partition coefficient (Wildman–Crippen LogP) is 5.50. The Kier molecular flexibility index (Phi) is 7.28. The molecule has 0 spiro atoms. The maximum atomic E-state index is 12.6. The number of benzene rings is 3. The van der Waals surface area contributed by atoms with Crippen molar-refractivity contribution in [1.82, 2.24) is 4.98 Å². The molecule has 9 nitrogen and oxygen atoms in total. The number of carbonyl (C=O) groups excluding carboxylic acids is 2. The van der Waals surface area contributed by atoms with Gasteiger partial charge in [0.05, 0.1) is 34.1 Å². The van der Waals surface area contributed by atoms with Crippen molar-refractivity contribution in [1.29, 1.82) is 0 Å². The summed E-state index contributed by atoms with van der Waals surface area (Å²) in [7, 11) is 1.41. The van der Waals surface area contributed by atoms with Gasteiger partial charge in [-0.3, -0.25) is 19.7 Å². The highest BCUT2D eigenvalue weighted by Gasteiger charge is 2.18. The molecule has 0 fully saturated rings. The highest BCUT2D eigenvalue weighted by molar-refractivity contribution is 8.01. The van der Waals surface area contributed by atoms with Gasteiger partial charge in [-0.25, -0.2) is 4.98 Å². The number of fused-ring (bicyclic) bond motifs is 1. The van der Waals surface area contributed by atoms with Crippen LogP contribution in [0.3, 0.4) is 0 Å². The monoisotopic (exact) mass is 508 g/mol. The number of thioether (sulfide) groups is 1. The van der Waals surface area contributed by atoms with Crippen LogP contribution in [0.1, 0.15) is 15.9 Å². The fourth-order valence-corrected chi connectivity index (χ4v) is 5.19. The third-order valence-corrected chi connectivity index (χ3v) is 7.18. The Labute approximate surface area is 208 Å². The number of nitrogens with zero attached hydrogens (tertiary/aromatic N) is 2. The average molecular weight is 509 g/mol. The molecule has 0 saturated heterocycles. The topological polar surface area (TPSA) is 123 Å². The number of ether oxygens (including phenoxy) is 1. The molecular formula is C24H20N4O5S2. The van der Waals surface area contributed by atoms with Gasteiger partial charge in [-0.1, -0.05) is 30.0 Å². The lowest BCUT2D eigenvalue weighted by atomic mass is 10.1. The van der Waals surface area contributed by atoms with E-state index >= 15 is 0 Å². The summed E-state index contributed by atoms with van der Waals surface area (Å²) in [6.45, 7) is 1.88. The molecule has 0 atom stereocenters. The van der Waals surface area contributed by atoms with Crippen LogP contribution < -0.4 is 15.4 Å². The van der Waals surface area contributed by atoms with E-state index in [1.165, 1.54) is 42.3 Å². The maximum Gasteiger partial charge on any atom is 0.296 e. The van der Waals surface area contributed by atoms with E-state index in [-0.39, 0.29) is 23.0 Å². The van der Waals surface area contributed by atoms with Gasteiger partial charge in [-0.15, -0.1) is 11.3 Å². The van der Waals surface area contributed by atoms with E-state index in [9.17, 15) is 19.7 Å². The Balaban J connectivity index is 1.40. The number of methoxy groups -OCH3 is 1. The predicted molar refractivity (Wildman–Crippen MR) is 138 cm³/mol. The first-order valence-corrected chi connectivity index (χ1v) is 12.2. The van der Waals surface area contributed by atoms with E-state index in [1.54, 1.807) is 18.2 Å². The summed E-state index contributed by atoms with van der Waals surface area (Å²) in [5.74, 6) is -0.229. The van der Waals surface area contributed by atoms with Gasteiger partial charge >= 0.3 is 0 Å². The second kappa shape index (κ2) is 10.5. The summed E-state index contributed by atoms with van der Waals surface area (Å²) >= 11 is 2.62. The van der Waals surface area contributed by atoms with Crippen molar-refractivity contribution in [3.8, 4) is 5.75 Å². The lowest BCUT2D eigenvalue weighted by molar-refractivity contribution is -0.384. The van der Waals surface area contributed by atoms with Gasteiger partial charge in [-0.2, -0.15) is 0 Å². The molecule has 35 heavy (non-hydrogen) atoms. The first-order chi connectivity index (χ1) is 16.8. The number of hydrogen-bond donors (Lipinski definition) is 2. The molecule has 0 aliphatic rings. The largest absolute Gasteiger partial charge is 0.496 e.